The number of carboxylic acid groups (broad SMARTS) is 1. The lowest BCUT2D eigenvalue weighted by molar-refractivity contribution is -0.143. The first-order valence-electron chi connectivity index (χ1n) is 12.0. The smallest absolute Gasteiger partial charge is 0.407 e. The van der Waals surface area contributed by atoms with E-state index in [0.29, 0.717) is 19.3 Å². The Hall–Kier alpha value is -3.35. The molecule has 182 valence electrons. The molecule has 0 aliphatic heterocycles. The average molecular weight is 467 g/mol. The van der Waals surface area contributed by atoms with Crippen molar-refractivity contribution in [1.29, 1.82) is 0 Å². The topological polar surface area (TPSA) is 105 Å². The van der Waals surface area contributed by atoms with Crippen molar-refractivity contribution in [3.63, 3.8) is 0 Å². The van der Waals surface area contributed by atoms with E-state index in [0.717, 1.165) is 11.1 Å². The maximum Gasteiger partial charge on any atom is 0.407 e. The maximum absolute atomic E-state index is 12.5. The van der Waals surface area contributed by atoms with Gasteiger partial charge in [-0.2, -0.15) is 0 Å². The van der Waals surface area contributed by atoms with E-state index in [2.05, 4.69) is 34.9 Å². The minimum absolute atomic E-state index is 0.0162. The first-order chi connectivity index (χ1) is 16.3. The molecule has 0 spiro atoms. The van der Waals surface area contributed by atoms with Crippen molar-refractivity contribution in [3.8, 4) is 11.1 Å². The van der Waals surface area contributed by atoms with Crippen LogP contribution in [-0.4, -0.2) is 41.8 Å². The van der Waals surface area contributed by atoms with E-state index in [1.807, 2.05) is 38.1 Å². The summed E-state index contributed by atoms with van der Waals surface area (Å²) in [4.78, 5) is 36.2. The van der Waals surface area contributed by atoms with Gasteiger partial charge in [0.1, 0.15) is 12.6 Å². The van der Waals surface area contributed by atoms with Crippen LogP contribution in [0.3, 0.4) is 0 Å². The quantitative estimate of drug-likeness (QED) is 0.445. The molecule has 0 fully saturated rings. The maximum atomic E-state index is 12.5. The molecule has 3 rings (SSSR count). The number of benzene rings is 2. The Morgan fingerprint density at radius 3 is 2.06 bits per heavy atom. The number of aliphatic carboxylic acids is 1. The second kappa shape index (κ2) is 11.7. The normalized spacial score (nSPS) is 14.9. The first kappa shape index (κ1) is 25.3. The Labute approximate surface area is 200 Å². The van der Waals surface area contributed by atoms with Gasteiger partial charge in [-0.05, 0) is 41.0 Å². The number of fused-ring (bicyclic) bond motifs is 3. The van der Waals surface area contributed by atoms with Gasteiger partial charge in [-0.15, -0.1) is 0 Å². The van der Waals surface area contributed by atoms with E-state index in [-0.39, 0.29) is 36.8 Å². The van der Waals surface area contributed by atoms with Gasteiger partial charge in [0.2, 0.25) is 5.91 Å². The predicted octanol–water partition coefficient (Wildman–Crippen LogP) is 4.70. The summed E-state index contributed by atoms with van der Waals surface area (Å²) in [7, 11) is 0. The molecule has 2 aromatic carbocycles. The van der Waals surface area contributed by atoms with Crippen LogP contribution < -0.4 is 10.6 Å². The molecule has 2 aromatic rings. The van der Waals surface area contributed by atoms with E-state index < -0.39 is 18.1 Å². The molecule has 3 atom stereocenters. The van der Waals surface area contributed by atoms with Crippen molar-refractivity contribution in [3.05, 3.63) is 59.7 Å². The molecular formula is C27H34N2O5. The van der Waals surface area contributed by atoms with Crippen LogP contribution in [0.5, 0.6) is 0 Å². The molecule has 0 heterocycles. The van der Waals surface area contributed by atoms with Gasteiger partial charge in [0, 0.05) is 18.4 Å². The van der Waals surface area contributed by atoms with Crippen LogP contribution in [-0.2, 0) is 14.3 Å². The number of nitrogens with one attached hydrogen (secondary N) is 2. The van der Waals surface area contributed by atoms with Gasteiger partial charge in [-0.25, -0.2) is 9.59 Å². The molecule has 1 aliphatic rings. The van der Waals surface area contributed by atoms with Gasteiger partial charge in [0.15, 0.2) is 0 Å². The minimum atomic E-state index is -1.04. The third kappa shape index (κ3) is 5.95. The number of alkyl carbamates (subject to hydrolysis) is 1. The molecular weight excluding hydrogens is 432 g/mol. The predicted molar refractivity (Wildman–Crippen MR) is 131 cm³/mol. The van der Waals surface area contributed by atoms with Crippen molar-refractivity contribution in [2.75, 3.05) is 6.61 Å². The molecule has 7 heteroatoms. The zero-order chi connectivity index (χ0) is 24.7. The molecule has 3 unspecified atom stereocenters. The Morgan fingerprint density at radius 1 is 0.941 bits per heavy atom. The fourth-order valence-electron chi connectivity index (χ4n) is 4.42. The lowest BCUT2D eigenvalue weighted by atomic mass is 9.98. The largest absolute Gasteiger partial charge is 0.480 e. The zero-order valence-corrected chi connectivity index (χ0v) is 20.0. The van der Waals surface area contributed by atoms with Crippen LogP contribution in [0.25, 0.3) is 11.1 Å². The number of carbonyl (C=O) groups excluding carboxylic acids is 2. The van der Waals surface area contributed by atoms with Gasteiger partial charge < -0.3 is 20.5 Å². The Balaban J connectivity index is 1.51. The highest BCUT2D eigenvalue weighted by molar-refractivity contribution is 5.83. The van der Waals surface area contributed by atoms with Crippen molar-refractivity contribution in [2.24, 2.45) is 5.92 Å². The van der Waals surface area contributed by atoms with E-state index in [4.69, 9.17) is 4.74 Å². The lowest BCUT2D eigenvalue weighted by Crippen LogP contribution is -2.45. The SMILES string of the molecule is CCC(CCC(=O)NC(C(=O)O)C(C)CC)NC(=O)OCC1c2ccccc2-c2ccccc21. The molecule has 0 bridgehead atoms. The number of amides is 2. The number of rotatable bonds is 11. The van der Waals surface area contributed by atoms with E-state index in [1.54, 1.807) is 6.92 Å². The van der Waals surface area contributed by atoms with E-state index in [9.17, 15) is 19.5 Å². The van der Waals surface area contributed by atoms with Crippen LogP contribution >= 0.6 is 0 Å². The number of hydrogen-bond donors (Lipinski definition) is 3. The van der Waals surface area contributed by atoms with Gasteiger partial charge >= 0.3 is 12.1 Å². The number of hydrogen-bond acceptors (Lipinski definition) is 4. The molecule has 0 saturated carbocycles. The second-order valence-corrected chi connectivity index (χ2v) is 8.88. The lowest BCUT2D eigenvalue weighted by Gasteiger charge is -2.21. The molecule has 7 nitrogen and oxygen atoms in total. The summed E-state index contributed by atoms with van der Waals surface area (Å²) in [6.07, 6.45) is 1.29. The molecule has 34 heavy (non-hydrogen) atoms. The summed E-state index contributed by atoms with van der Waals surface area (Å²) in [5, 5.41) is 14.8. The molecule has 0 radical (unpaired) electrons. The van der Waals surface area contributed by atoms with Crippen molar-refractivity contribution in [2.45, 2.75) is 64.5 Å². The summed E-state index contributed by atoms with van der Waals surface area (Å²) in [6, 6.07) is 15.2. The number of ether oxygens (including phenoxy) is 1. The summed E-state index contributed by atoms with van der Waals surface area (Å²) in [5.74, 6) is -1.55. The molecule has 3 N–H and O–H groups in total. The summed E-state index contributed by atoms with van der Waals surface area (Å²) < 4.78 is 5.59. The van der Waals surface area contributed by atoms with Crippen LogP contribution in [0.15, 0.2) is 48.5 Å². The van der Waals surface area contributed by atoms with Crippen LogP contribution in [0.2, 0.25) is 0 Å². The van der Waals surface area contributed by atoms with Gasteiger partial charge in [-0.1, -0.05) is 75.7 Å². The number of carboxylic acids is 1. The zero-order valence-electron chi connectivity index (χ0n) is 20.0. The Kier molecular flexibility index (Phi) is 8.68. The summed E-state index contributed by atoms with van der Waals surface area (Å²) in [5.41, 5.74) is 4.63. The molecule has 0 aromatic heterocycles. The van der Waals surface area contributed by atoms with Crippen LogP contribution in [0.4, 0.5) is 4.79 Å². The van der Waals surface area contributed by atoms with Crippen molar-refractivity contribution in [1.82, 2.24) is 10.6 Å². The molecule has 0 saturated heterocycles. The number of carbonyl (C=O) groups is 3. The molecule has 2 amide bonds. The van der Waals surface area contributed by atoms with E-state index in [1.165, 1.54) is 11.1 Å². The highest BCUT2D eigenvalue weighted by atomic mass is 16.5. The fourth-order valence-corrected chi connectivity index (χ4v) is 4.42. The third-order valence-electron chi connectivity index (χ3n) is 6.67. The highest BCUT2D eigenvalue weighted by Crippen LogP contribution is 2.44. The van der Waals surface area contributed by atoms with Gasteiger partial charge in [0.25, 0.3) is 0 Å². The highest BCUT2D eigenvalue weighted by Gasteiger charge is 2.29. The third-order valence-corrected chi connectivity index (χ3v) is 6.67. The molecule has 1 aliphatic carbocycles. The standard InChI is InChI=1S/C27H34N2O5/c1-4-17(3)25(26(31)32)29-24(30)15-14-18(5-2)28-27(33)34-16-23-21-12-8-6-10-19(21)20-11-7-9-13-22(20)23/h6-13,17-18,23,25H,4-5,14-16H2,1-3H3,(H,28,33)(H,29,30)(H,31,32). The van der Waals surface area contributed by atoms with Gasteiger partial charge in [0.05, 0.1) is 0 Å². The fraction of sp³-hybridized carbons (Fsp3) is 0.444. The monoisotopic (exact) mass is 466 g/mol. The van der Waals surface area contributed by atoms with Crippen molar-refractivity contribution < 1.29 is 24.2 Å². The minimum Gasteiger partial charge on any atom is -0.480 e. The van der Waals surface area contributed by atoms with Gasteiger partial charge in [-0.3, -0.25) is 4.79 Å². The summed E-state index contributed by atoms with van der Waals surface area (Å²) >= 11 is 0. The van der Waals surface area contributed by atoms with Crippen LogP contribution in [0.1, 0.15) is 63.5 Å². The average Bonchev–Trinajstić information content (AvgIpc) is 3.16. The first-order valence-corrected chi connectivity index (χ1v) is 12.0. The summed E-state index contributed by atoms with van der Waals surface area (Å²) in [6.45, 7) is 5.84. The Morgan fingerprint density at radius 2 is 1.53 bits per heavy atom. The van der Waals surface area contributed by atoms with Crippen molar-refractivity contribution >= 4 is 18.0 Å². The van der Waals surface area contributed by atoms with Crippen LogP contribution in [0, 0.1) is 5.92 Å². The Bertz CT molecular complexity index is 976. The van der Waals surface area contributed by atoms with E-state index >= 15 is 0 Å². The second-order valence-electron chi connectivity index (χ2n) is 8.88.